The second kappa shape index (κ2) is 8.60. The molecule has 1 atom stereocenters. The molecule has 160 valence electrons. The Morgan fingerprint density at radius 3 is 3.03 bits per heavy atom. The molecule has 1 aliphatic heterocycles. The number of aromatic nitrogens is 5. The first-order valence-corrected chi connectivity index (χ1v) is 10.4. The third-order valence-corrected chi connectivity index (χ3v) is 5.41. The van der Waals surface area contributed by atoms with Gasteiger partial charge in [0, 0.05) is 30.1 Å². The summed E-state index contributed by atoms with van der Waals surface area (Å²) < 4.78 is 5.67. The molecule has 5 N–H and O–H groups in total. The minimum absolute atomic E-state index is 0.0445. The van der Waals surface area contributed by atoms with Gasteiger partial charge in [0.15, 0.2) is 12.4 Å². The fourth-order valence-electron chi connectivity index (χ4n) is 3.75. The summed E-state index contributed by atoms with van der Waals surface area (Å²) in [5.41, 5.74) is 2.91. The van der Waals surface area contributed by atoms with Gasteiger partial charge in [0.05, 0.1) is 17.5 Å². The third kappa shape index (κ3) is 4.58. The van der Waals surface area contributed by atoms with Crippen LogP contribution in [0.3, 0.4) is 0 Å². The molecule has 31 heavy (non-hydrogen) atoms. The number of fused-ring (bicyclic) bond motifs is 1. The average Bonchev–Trinajstić information content (AvgIpc) is 3.55. The van der Waals surface area contributed by atoms with Crippen LogP contribution >= 0.6 is 0 Å². The van der Waals surface area contributed by atoms with E-state index >= 15 is 0 Å². The van der Waals surface area contributed by atoms with Crippen molar-refractivity contribution in [2.75, 3.05) is 25.0 Å². The number of nitrogens with zero attached hydrogens (tertiary/aromatic N) is 3. The SMILES string of the molecule is O=C(COC1=CC=C(c2nc(Nc3ccc4[nH]ncc4c3)n[nH]2)CC1)NC1CCNC1. The quantitative estimate of drug-likeness (QED) is 0.395. The van der Waals surface area contributed by atoms with Crippen LogP contribution in [0.4, 0.5) is 11.6 Å². The molecule has 0 bridgehead atoms. The molecule has 1 aliphatic carbocycles. The molecule has 3 aromatic rings. The summed E-state index contributed by atoms with van der Waals surface area (Å²) in [6.07, 6.45) is 8.07. The van der Waals surface area contributed by atoms with Gasteiger partial charge in [-0.2, -0.15) is 10.1 Å². The maximum atomic E-state index is 12.0. The summed E-state index contributed by atoms with van der Waals surface area (Å²) in [4.78, 5) is 16.5. The number of allylic oxidation sites excluding steroid dienone is 4. The van der Waals surface area contributed by atoms with E-state index in [1.165, 1.54) is 0 Å². The Labute approximate surface area is 178 Å². The molecule has 3 heterocycles. The lowest BCUT2D eigenvalue weighted by Crippen LogP contribution is -2.38. The Balaban J connectivity index is 1.16. The van der Waals surface area contributed by atoms with Crippen LogP contribution in [-0.2, 0) is 9.53 Å². The summed E-state index contributed by atoms with van der Waals surface area (Å²) >= 11 is 0. The first-order chi connectivity index (χ1) is 15.2. The first-order valence-electron chi connectivity index (χ1n) is 10.4. The molecule has 1 fully saturated rings. The standard InChI is InChI=1S/C21H24N8O2/c30-19(24-16-7-8-22-11-16)12-31-17-4-1-13(2-5-17)20-26-21(29-28-20)25-15-3-6-18-14(9-15)10-23-27-18/h1,3-4,6,9-10,16,22H,2,5,7-8,11-12H2,(H,23,27)(H,24,30)(H2,25,26,28,29). The Morgan fingerprint density at radius 1 is 1.23 bits per heavy atom. The molecule has 0 spiro atoms. The predicted octanol–water partition coefficient (Wildman–Crippen LogP) is 1.98. The number of carbonyl (C=O) groups is 1. The van der Waals surface area contributed by atoms with Crippen LogP contribution in [0.5, 0.6) is 0 Å². The molecular formula is C21H24N8O2. The van der Waals surface area contributed by atoms with Crippen molar-refractivity contribution in [2.24, 2.45) is 0 Å². The van der Waals surface area contributed by atoms with Gasteiger partial charge in [-0.25, -0.2) is 0 Å². The predicted molar refractivity (Wildman–Crippen MR) is 116 cm³/mol. The van der Waals surface area contributed by atoms with Crippen molar-refractivity contribution in [3.63, 3.8) is 0 Å². The van der Waals surface area contributed by atoms with Gasteiger partial charge in [-0.3, -0.25) is 15.0 Å². The molecule has 1 unspecified atom stereocenters. The Hall–Kier alpha value is -3.66. The van der Waals surface area contributed by atoms with E-state index in [4.69, 9.17) is 4.74 Å². The zero-order valence-corrected chi connectivity index (χ0v) is 16.9. The molecule has 10 heteroatoms. The first kappa shape index (κ1) is 19.3. The van der Waals surface area contributed by atoms with E-state index in [0.29, 0.717) is 18.2 Å². The van der Waals surface area contributed by atoms with Crippen molar-refractivity contribution in [1.82, 2.24) is 36.0 Å². The molecule has 2 aromatic heterocycles. The van der Waals surface area contributed by atoms with Gasteiger partial charge < -0.3 is 20.7 Å². The molecule has 10 nitrogen and oxygen atoms in total. The van der Waals surface area contributed by atoms with Gasteiger partial charge in [0.2, 0.25) is 5.95 Å². The molecule has 0 saturated carbocycles. The fourth-order valence-corrected chi connectivity index (χ4v) is 3.75. The number of H-pyrrole nitrogens is 2. The van der Waals surface area contributed by atoms with Crippen molar-refractivity contribution in [2.45, 2.75) is 25.3 Å². The number of ether oxygens (including phenoxy) is 1. The maximum Gasteiger partial charge on any atom is 0.258 e. The summed E-state index contributed by atoms with van der Waals surface area (Å²) in [6.45, 7) is 1.82. The molecule has 2 aliphatic rings. The number of benzene rings is 1. The number of nitrogens with one attached hydrogen (secondary N) is 5. The molecule has 0 radical (unpaired) electrons. The zero-order chi connectivity index (χ0) is 21.0. The van der Waals surface area contributed by atoms with Gasteiger partial charge >= 0.3 is 0 Å². The van der Waals surface area contributed by atoms with Crippen molar-refractivity contribution in [3.8, 4) is 0 Å². The summed E-state index contributed by atoms with van der Waals surface area (Å²) in [5, 5.41) is 24.6. The van der Waals surface area contributed by atoms with E-state index in [9.17, 15) is 4.79 Å². The minimum Gasteiger partial charge on any atom is -0.488 e. The highest BCUT2D eigenvalue weighted by molar-refractivity contribution is 5.82. The topological polar surface area (TPSA) is 133 Å². The number of hydrogen-bond acceptors (Lipinski definition) is 7. The maximum absolute atomic E-state index is 12.0. The van der Waals surface area contributed by atoms with Gasteiger partial charge in [-0.05, 0) is 49.2 Å². The van der Waals surface area contributed by atoms with Crippen LogP contribution in [0.15, 0.2) is 42.3 Å². The molecule has 1 saturated heterocycles. The summed E-state index contributed by atoms with van der Waals surface area (Å²) in [5.74, 6) is 1.94. The van der Waals surface area contributed by atoms with E-state index < -0.39 is 0 Å². The van der Waals surface area contributed by atoms with E-state index in [1.54, 1.807) is 6.20 Å². The van der Waals surface area contributed by atoms with Crippen molar-refractivity contribution in [1.29, 1.82) is 0 Å². The smallest absolute Gasteiger partial charge is 0.258 e. The van der Waals surface area contributed by atoms with E-state index in [-0.39, 0.29) is 18.6 Å². The highest BCUT2D eigenvalue weighted by Gasteiger charge is 2.18. The molecule has 5 rings (SSSR count). The van der Waals surface area contributed by atoms with Crippen LogP contribution < -0.4 is 16.0 Å². The minimum atomic E-state index is -0.0797. The van der Waals surface area contributed by atoms with Gasteiger partial charge in [0.25, 0.3) is 5.91 Å². The summed E-state index contributed by atoms with van der Waals surface area (Å²) in [7, 11) is 0. The van der Waals surface area contributed by atoms with Gasteiger partial charge in [-0.15, -0.1) is 5.10 Å². The molecule has 1 aromatic carbocycles. The molecule has 1 amide bonds. The van der Waals surface area contributed by atoms with Crippen LogP contribution in [0.25, 0.3) is 16.5 Å². The second-order valence-electron chi connectivity index (χ2n) is 7.68. The zero-order valence-electron chi connectivity index (χ0n) is 16.9. The third-order valence-electron chi connectivity index (χ3n) is 5.41. The van der Waals surface area contributed by atoms with E-state index in [0.717, 1.165) is 53.9 Å². The van der Waals surface area contributed by atoms with Crippen LogP contribution in [0.1, 0.15) is 25.1 Å². The number of carbonyl (C=O) groups excluding carboxylic acids is 1. The Morgan fingerprint density at radius 2 is 2.19 bits per heavy atom. The van der Waals surface area contributed by atoms with Crippen molar-refractivity contribution < 1.29 is 9.53 Å². The van der Waals surface area contributed by atoms with Gasteiger partial charge in [-0.1, -0.05) is 6.08 Å². The Kier molecular flexibility index (Phi) is 5.36. The largest absolute Gasteiger partial charge is 0.488 e. The number of anilines is 2. The van der Waals surface area contributed by atoms with Crippen LogP contribution in [-0.4, -0.2) is 57.0 Å². The second-order valence-corrected chi connectivity index (χ2v) is 7.68. The average molecular weight is 420 g/mol. The lowest BCUT2D eigenvalue weighted by molar-refractivity contribution is -0.125. The molecular weight excluding hydrogens is 396 g/mol. The summed E-state index contributed by atoms with van der Waals surface area (Å²) in [6, 6.07) is 6.10. The van der Waals surface area contributed by atoms with Crippen LogP contribution in [0.2, 0.25) is 0 Å². The van der Waals surface area contributed by atoms with E-state index in [2.05, 4.69) is 41.3 Å². The number of amides is 1. The highest BCUT2D eigenvalue weighted by atomic mass is 16.5. The lowest BCUT2D eigenvalue weighted by Gasteiger charge is -2.16. The van der Waals surface area contributed by atoms with E-state index in [1.807, 2.05) is 30.4 Å². The monoisotopic (exact) mass is 420 g/mol. The number of aromatic amines is 2. The normalized spacial score (nSPS) is 18.5. The lowest BCUT2D eigenvalue weighted by atomic mass is 10.0. The van der Waals surface area contributed by atoms with Gasteiger partial charge in [0.1, 0.15) is 0 Å². The van der Waals surface area contributed by atoms with Crippen LogP contribution in [0, 0.1) is 0 Å². The highest BCUT2D eigenvalue weighted by Crippen LogP contribution is 2.26. The Bertz CT molecular complexity index is 1140. The van der Waals surface area contributed by atoms with Crippen molar-refractivity contribution in [3.05, 3.63) is 48.1 Å². The number of rotatable bonds is 7. The number of hydrogen-bond donors (Lipinski definition) is 5. The fraction of sp³-hybridized carbons (Fsp3) is 0.333. The van der Waals surface area contributed by atoms with Crippen molar-refractivity contribution >= 4 is 34.0 Å².